The average molecular weight is 461 g/mol. The SMILES string of the molecule is O=C(Cn1c(=O)c(-c2ccccc2Cl)cc2cccnc21)N/N=C/c1ccc2c(c1)OCO2. The van der Waals surface area contributed by atoms with E-state index < -0.39 is 5.91 Å². The zero-order valence-electron chi connectivity index (χ0n) is 17.2. The van der Waals surface area contributed by atoms with Gasteiger partial charge >= 0.3 is 0 Å². The second-order valence-electron chi connectivity index (χ2n) is 7.25. The molecule has 3 heterocycles. The lowest BCUT2D eigenvalue weighted by Crippen LogP contribution is -2.31. The first kappa shape index (κ1) is 20.7. The van der Waals surface area contributed by atoms with Crippen LogP contribution in [0, 0.1) is 0 Å². The van der Waals surface area contributed by atoms with Crippen LogP contribution in [-0.4, -0.2) is 28.5 Å². The number of halogens is 1. The second-order valence-corrected chi connectivity index (χ2v) is 7.66. The van der Waals surface area contributed by atoms with Gasteiger partial charge in [0.15, 0.2) is 11.5 Å². The number of benzene rings is 2. The normalized spacial score (nSPS) is 12.4. The summed E-state index contributed by atoms with van der Waals surface area (Å²) in [5.41, 5.74) is 4.18. The molecule has 1 aliphatic heterocycles. The summed E-state index contributed by atoms with van der Waals surface area (Å²) in [6, 6.07) is 17.7. The quantitative estimate of drug-likeness (QED) is 0.363. The Kier molecular flexibility index (Phi) is 5.50. The fourth-order valence-corrected chi connectivity index (χ4v) is 3.81. The highest BCUT2D eigenvalue weighted by molar-refractivity contribution is 6.33. The molecule has 1 amide bonds. The summed E-state index contributed by atoms with van der Waals surface area (Å²) in [4.78, 5) is 30.2. The van der Waals surface area contributed by atoms with Gasteiger partial charge in [0.25, 0.3) is 11.5 Å². The van der Waals surface area contributed by atoms with Gasteiger partial charge in [-0.15, -0.1) is 0 Å². The van der Waals surface area contributed by atoms with Crippen LogP contribution in [0.15, 0.2) is 76.8 Å². The lowest BCUT2D eigenvalue weighted by atomic mass is 10.1. The Morgan fingerprint density at radius 2 is 1.94 bits per heavy atom. The molecule has 4 aromatic rings. The largest absolute Gasteiger partial charge is 0.454 e. The number of aromatic nitrogens is 2. The zero-order valence-corrected chi connectivity index (χ0v) is 18.0. The third-order valence-electron chi connectivity index (χ3n) is 5.11. The fourth-order valence-electron chi connectivity index (χ4n) is 3.58. The molecule has 0 atom stereocenters. The van der Waals surface area contributed by atoms with E-state index in [1.807, 2.05) is 6.07 Å². The molecule has 9 heteroatoms. The van der Waals surface area contributed by atoms with Crippen molar-refractivity contribution >= 4 is 34.8 Å². The number of hydrogen-bond acceptors (Lipinski definition) is 6. The molecule has 0 radical (unpaired) electrons. The highest BCUT2D eigenvalue weighted by Gasteiger charge is 2.16. The number of carbonyl (C=O) groups is 1. The van der Waals surface area contributed by atoms with Gasteiger partial charge in [0.2, 0.25) is 6.79 Å². The molecule has 0 bridgehead atoms. The molecular weight excluding hydrogens is 444 g/mol. The third kappa shape index (κ3) is 4.16. The molecule has 0 aliphatic carbocycles. The van der Waals surface area contributed by atoms with Crippen molar-refractivity contribution in [3.8, 4) is 22.6 Å². The number of hydrogen-bond donors (Lipinski definition) is 1. The van der Waals surface area contributed by atoms with E-state index in [0.717, 1.165) is 5.56 Å². The van der Waals surface area contributed by atoms with E-state index in [0.29, 0.717) is 38.7 Å². The fraction of sp³-hybridized carbons (Fsp3) is 0.0833. The number of fused-ring (bicyclic) bond motifs is 2. The third-order valence-corrected chi connectivity index (χ3v) is 5.44. The molecule has 8 nitrogen and oxygen atoms in total. The number of rotatable bonds is 5. The minimum Gasteiger partial charge on any atom is -0.454 e. The Morgan fingerprint density at radius 3 is 2.82 bits per heavy atom. The number of carbonyl (C=O) groups excluding carboxylic acids is 1. The molecule has 1 aliphatic rings. The maximum atomic E-state index is 13.3. The van der Waals surface area contributed by atoms with E-state index in [4.69, 9.17) is 21.1 Å². The summed E-state index contributed by atoms with van der Waals surface area (Å²) in [7, 11) is 0. The Hall–Kier alpha value is -4.17. The van der Waals surface area contributed by atoms with Gasteiger partial charge in [0.1, 0.15) is 12.2 Å². The minimum absolute atomic E-state index is 0.177. The summed E-state index contributed by atoms with van der Waals surface area (Å²) in [6.07, 6.45) is 3.06. The summed E-state index contributed by atoms with van der Waals surface area (Å²) in [5.74, 6) is 0.802. The van der Waals surface area contributed by atoms with E-state index >= 15 is 0 Å². The number of nitrogens with one attached hydrogen (secondary N) is 1. The minimum atomic E-state index is -0.475. The van der Waals surface area contributed by atoms with Crippen LogP contribution < -0.4 is 20.5 Å². The van der Waals surface area contributed by atoms with Gasteiger partial charge in [-0.25, -0.2) is 10.4 Å². The van der Waals surface area contributed by atoms with Gasteiger partial charge in [-0.2, -0.15) is 5.10 Å². The van der Waals surface area contributed by atoms with Crippen LogP contribution in [0.4, 0.5) is 0 Å². The predicted octanol–water partition coefficient (Wildman–Crippen LogP) is 3.60. The highest BCUT2D eigenvalue weighted by atomic mass is 35.5. The van der Waals surface area contributed by atoms with Crippen molar-refractivity contribution in [2.24, 2.45) is 5.10 Å². The molecule has 0 saturated heterocycles. The zero-order chi connectivity index (χ0) is 22.8. The van der Waals surface area contributed by atoms with Crippen LogP contribution in [0.1, 0.15) is 5.56 Å². The van der Waals surface area contributed by atoms with Crippen molar-refractivity contribution in [3.63, 3.8) is 0 Å². The van der Waals surface area contributed by atoms with Crippen molar-refractivity contribution in [2.75, 3.05) is 6.79 Å². The predicted molar refractivity (Wildman–Crippen MR) is 125 cm³/mol. The number of amides is 1. The van der Waals surface area contributed by atoms with E-state index in [-0.39, 0.29) is 18.9 Å². The smallest absolute Gasteiger partial charge is 0.260 e. The summed E-state index contributed by atoms with van der Waals surface area (Å²) < 4.78 is 11.9. The molecule has 164 valence electrons. The molecule has 0 unspecified atom stereocenters. The van der Waals surface area contributed by atoms with E-state index in [1.165, 1.54) is 10.8 Å². The lowest BCUT2D eigenvalue weighted by molar-refractivity contribution is -0.121. The van der Waals surface area contributed by atoms with Crippen molar-refractivity contribution < 1.29 is 14.3 Å². The molecule has 33 heavy (non-hydrogen) atoms. The first-order valence-corrected chi connectivity index (χ1v) is 10.4. The van der Waals surface area contributed by atoms with Crippen LogP contribution in [0.25, 0.3) is 22.2 Å². The number of pyridine rings is 2. The maximum Gasteiger partial charge on any atom is 0.260 e. The van der Waals surface area contributed by atoms with Gasteiger partial charge in [-0.1, -0.05) is 29.8 Å². The Balaban J connectivity index is 1.42. The molecule has 0 saturated carbocycles. The van der Waals surface area contributed by atoms with Gasteiger partial charge < -0.3 is 9.47 Å². The first-order chi connectivity index (χ1) is 16.1. The van der Waals surface area contributed by atoms with E-state index in [9.17, 15) is 9.59 Å². The molecule has 2 aromatic heterocycles. The molecular formula is C24H17ClN4O4. The van der Waals surface area contributed by atoms with Crippen LogP contribution in [0.3, 0.4) is 0 Å². The van der Waals surface area contributed by atoms with Crippen molar-refractivity contribution in [1.29, 1.82) is 0 Å². The van der Waals surface area contributed by atoms with E-state index in [2.05, 4.69) is 15.5 Å². The molecule has 0 spiro atoms. The topological polar surface area (TPSA) is 94.8 Å². The molecule has 5 rings (SSSR count). The highest BCUT2D eigenvalue weighted by Crippen LogP contribution is 2.32. The van der Waals surface area contributed by atoms with Crippen molar-refractivity contribution in [3.05, 3.63) is 87.8 Å². The van der Waals surface area contributed by atoms with Gasteiger partial charge in [0.05, 0.1) is 6.21 Å². The van der Waals surface area contributed by atoms with Crippen LogP contribution >= 0.6 is 11.6 Å². The summed E-state index contributed by atoms with van der Waals surface area (Å²) in [5, 5.41) is 5.15. The van der Waals surface area contributed by atoms with Gasteiger partial charge in [-0.3, -0.25) is 14.2 Å². The second kappa shape index (κ2) is 8.76. The molecule has 1 N–H and O–H groups in total. The van der Waals surface area contributed by atoms with Crippen molar-refractivity contribution in [2.45, 2.75) is 6.54 Å². The molecule has 0 fully saturated rings. The van der Waals surface area contributed by atoms with Crippen LogP contribution in [0.2, 0.25) is 5.02 Å². The number of nitrogens with zero attached hydrogens (tertiary/aromatic N) is 3. The van der Waals surface area contributed by atoms with Gasteiger partial charge in [0, 0.05) is 27.7 Å². The van der Waals surface area contributed by atoms with Crippen LogP contribution in [-0.2, 0) is 11.3 Å². The molecule has 2 aromatic carbocycles. The average Bonchev–Trinajstić information content (AvgIpc) is 3.29. The Labute approximate surface area is 193 Å². The standard InChI is InChI=1S/C24H17ClN4O4/c25-19-6-2-1-5-17(19)18-11-16-4-3-9-26-23(16)29(24(18)31)13-22(30)28-27-12-15-7-8-20-21(10-15)33-14-32-20/h1-12H,13-14H2,(H,28,30)/b27-12+. The Morgan fingerprint density at radius 1 is 1.09 bits per heavy atom. The monoisotopic (exact) mass is 460 g/mol. The number of ether oxygens (including phenoxy) is 2. The maximum absolute atomic E-state index is 13.3. The first-order valence-electron chi connectivity index (χ1n) is 10.1. The Bertz CT molecular complexity index is 1460. The number of hydrazone groups is 1. The lowest BCUT2D eigenvalue weighted by Gasteiger charge is -2.12. The van der Waals surface area contributed by atoms with Crippen molar-refractivity contribution in [1.82, 2.24) is 15.0 Å². The van der Waals surface area contributed by atoms with Gasteiger partial charge in [-0.05, 0) is 48.0 Å². The van der Waals surface area contributed by atoms with E-state index in [1.54, 1.807) is 60.8 Å². The van der Waals surface area contributed by atoms with Crippen LogP contribution in [0.5, 0.6) is 11.5 Å². The summed E-state index contributed by atoms with van der Waals surface area (Å²) in [6.45, 7) is -0.0835. The summed E-state index contributed by atoms with van der Waals surface area (Å²) >= 11 is 6.32.